The van der Waals surface area contributed by atoms with Gasteiger partial charge in [-0.2, -0.15) is 0 Å². The third-order valence-corrected chi connectivity index (χ3v) is 3.28. The summed E-state index contributed by atoms with van der Waals surface area (Å²) in [4.78, 5) is 10.8. The second kappa shape index (κ2) is 5.96. The Bertz CT molecular complexity index is 506. The number of aldehydes is 1. The molecule has 0 unspecified atom stereocenters. The van der Waals surface area contributed by atoms with Crippen molar-refractivity contribution in [1.29, 1.82) is 0 Å². The minimum atomic E-state index is 0.764. The zero-order valence-electron chi connectivity index (χ0n) is 9.40. The van der Waals surface area contributed by atoms with Crippen molar-refractivity contribution in [2.45, 2.75) is 12.8 Å². The fourth-order valence-electron chi connectivity index (χ4n) is 1.82. The largest absolute Gasteiger partial charge is 0.298 e. The molecule has 0 aliphatic rings. The van der Waals surface area contributed by atoms with Gasteiger partial charge in [-0.3, -0.25) is 4.79 Å². The highest BCUT2D eigenvalue weighted by Gasteiger charge is 2.00. The monoisotopic (exact) mass is 336 g/mol. The second-order valence-electron chi connectivity index (χ2n) is 4.00. The molecule has 2 heteroatoms. The van der Waals surface area contributed by atoms with Crippen LogP contribution in [0.3, 0.4) is 0 Å². The van der Waals surface area contributed by atoms with Crippen LogP contribution in [0.2, 0.25) is 0 Å². The van der Waals surface area contributed by atoms with E-state index in [2.05, 4.69) is 52.9 Å². The summed E-state index contributed by atoms with van der Waals surface area (Å²) in [7, 11) is 0. The molecule has 0 aliphatic carbocycles. The van der Waals surface area contributed by atoms with Crippen LogP contribution < -0.4 is 0 Å². The number of aryl methyl sites for hydroxylation is 2. The van der Waals surface area contributed by atoms with Crippen LogP contribution in [0.1, 0.15) is 21.5 Å². The van der Waals surface area contributed by atoms with Crippen LogP contribution in [-0.2, 0) is 12.8 Å². The summed E-state index contributed by atoms with van der Waals surface area (Å²) in [6, 6.07) is 16.4. The summed E-state index contributed by atoms with van der Waals surface area (Å²) in [5.74, 6) is 0. The van der Waals surface area contributed by atoms with Crippen LogP contribution >= 0.6 is 22.6 Å². The molecule has 0 bridgehead atoms. The Hall–Kier alpha value is -1.16. The van der Waals surface area contributed by atoms with Gasteiger partial charge in [-0.15, -0.1) is 0 Å². The van der Waals surface area contributed by atoms with Gasteiger partial charge in [-0.1, -0.05) is 30.3 Å². The van der Waals surface area contributed by atoms with E-state index in [1.54, 1.807) is 0 Å². The lowest BCUT2D eigenvalue weighted by Crippen LogP contribution is -1.93. The standard InChI is InChI=1S/C15H13IO/c16-15-9-13(8-14(10-15)11-17)7-6-12-4-2-1-3-5-12/h1-5,8-11H,6-7H2. The highest BCUT2D eigenvalue weighted by molar-refractivity contribution is 14.1. The molecule has 2 aromatic rings. The summed E-state index contributed by atoms with van der Waals surface area (Å²) in [5, 5.41) is 0. The first-order valence-electron chi connectivity index (χ1n) is 5.56. The Labute approximate surface area is 115 Å². The maximum absolute atomic E-state index is 10.8. The summed E-state index contributed by atoms with van der Waals surface area (Å²) < 4.78 is 1.12. The predicted molar refractivity (Wildman–Crippen MR) is 78.4 cm³/mol. The highest BCUT2D eigenvalue weighted by atomic mass is 127. The van der Waals surface area contributed by atoms with Gasteiger partial charge in [0.1, 0.15) is 6.29 Å². The van der Waals surface area contributed by atoms with Crippen molar-refractivity contribution in [3.05, 3.63) is 68.8 Å². The van der Waals surface area contributed by atoms with E-state index < -0.39 is 0 Å². The van der Waals surface area contributed by atoms with Crippen molar-refractivity contribution in [3.63, 3.8) is 0 Å². The molecule has 0 aliphatic heterocycles. The van der Waals surface area contributed by atoms with Crippen molar-refractivity contribution in [2.75, 3.05) is 0 Å². The van der Waals surface area contributed by atoms with E-state index in [1.165, 1.54) is 11.1 Å². The van der Waals surface area contributed by atoms with Gasteiger partial charge in [0.25, 0.3) is 0 Å². The topological polar surface area (TPSA) is 17.1 Å². The molecule has 0 atom stereocenters. The second-order valence-corrected chi connectivity index (χ2v) is 5.24. The summed E-state index contributed by atoms with van der Waals surface area (Å²) in [5.41, 5.74) is 3.32. The van der Waals surface area contributed by atoms with Gasteiger partial charge in [0.15, 0.2) is 0 Å². The van der Waals surface area contributed by atoms with E-state index in [9.17, 15) is 4.79 Å². The highest BCUT2D eigenvalue weighted by Crippen LogP contribution is 2.14. The van der Waals surface area contributed by atoms with Crippen molar-refractivity contribution >= 4 is 28.9 Å². The zero-order valence-corrected chi connectivity index (χ0v) is 11.6. The van der Waals surface area contributed by atoms with E-state index in [-0.39, 0.29) is 0 Å². The van der Waals surface area contributed by atoms with E-state index in [0.29, 0.717) is 0 Å². The van der Waals surface area contributed by atoms with Gasteiger partial charge in [0.05, 0.1) is 0 Å². The Morgan fingerprint density at radius 3 is 2.35 bits per heavy atom. The third-order valence-electron chi connectivity index (χ3n) is 2.66. The van der Waals surface area contributed by atoms with Gasteiger partial charge in [0, 0.05) is 9.13 Å². The average Bonchev–Trinajstić information content (AvgIpc) is 2.37. The van der Waals surface area contributed by atoms with Crippen molar-refractivity contribution < 1.29 is 4.79 Å². The van der Waals surface area contributed by atoms with Crippen molar-refractivity contribution in [3.8, 4) is 0 Å². The molecule has 0 radical (unpaired) electrons. The SMILES string of the molecule is O=Cc1cc(I)cc(CCc2ccccc2)c1. The van der Waals surface area contributed by atoms with Crippen LogP contribution in [0.25, 0.3) is 0 Å². The van der Waals surface area contributed by atoms with Crippen molar-refractivity contribution in [2.24, 2.45) is 0 Å². The van der Waals surface area contributed by atoms with Gasteiger partial charge in [-0.25, -0.2) is 0 Å². The minimum Gasteiger partial charge on any atom is -0.298 e. The number of hydrogen-bond donors (Lipinski definition) is 0. The van der Waals surface area contributed by atoms with Crippen molar-refractivity contribution in [1.82, 2.24) is 0 Å². The number of carbonyl (C=O) groups is 1. The number of benzene rings is 2. The Balaban J connectivity index is 2.09. The fraction of sp³-hybridized carbons (Fsp3) is 0.133. The van der Waals surface area contributed by atoms with Crippen LogP contribution in [-0.4, -0.2) is 6.29 Å². The molecule has 0 saturated heterocycles. The first-order valence-corrected chi connectivity index (χ1v) is 6.64. The molecule has 1 nitrogen and oxygen atoms in total. The smallest absolute Gasteiger partial charge is 0.150 e. The number of halogens is 1. The number of carbonyl (C=O) groups excluding carboxylic acids is 1. The number of hydrogen-bond acceptors (Lipinski definition) is 1. The van der Waals surface area contributed by atoms with E-state index in [0.717, 1.165) is 28.3 Å². The third kappa shape index (κ3) is 3.66. The Kier molecular flexibility index (Phi) is 4.31. The van der Waals surface area contributed by atoms with Crippen LogP contribution in [0.15, 0.2) is 48.5 Å². The normalized spacial score (nSPS) is 10.2. The quantitative estimate of drug-likeness (QED) is 0.612. The molecule has 0 fully saturated rings. The summed E-state index contributed by atoms with van der Waals surface area (Å²) >= 11 is 2.25. The summed E-state index contributed by atoms with van der Waals surface area (Å²) in [6.45, 7) is 0. The van der Waals surface area contributed by atoms with E-state index in [4.69, 9.17) is 0 Å². The van der Waals surface area contributed by atoms with E-state index >= 15 is 0 Å². The van der Waals surface area contributed by atoms with Gasteiger partial charge < -0.3 is 0 Å². The lowest BCUT2D eigenvalue weighted by molar-refractivity contribution is 0.112. The van der Waals surface area contributed by atoms with E-state index in [1.807, 2.05) is 18.2 Å². The van der Waals surface area contributed by atoms with Crippen LogP contribution in [0.4, 0.5) is 0 Å². The minimum absolute atomic E-state index is 0.764. The first kappa shape index (κ1) is 12.3. The number of rotatable bonds is 4. The van der Waals surface area contributed by atoms with Gasteiger partial charge in [-0.05, 0) is 64.8 Å². The maximum atomic E-state index is 10.8. The first-order chi connectivity index (χ1) is 8.28. The molecule has 17 heavy (non-hydrogen) atoms. The Morgan fingerprint density at radius 1 is 0.941 bits per heavy atom. The lowest BCUT2D eigenvalue weighted by Gasteiger charge is -2.04. The molecule has 2 aromatic carbocycles. The average molecular weight is 336 g/mol. The maximum Gasteiger partial charge on any atom is 0.150 e. The van der Waals surface area contributed by atoms with Crippen LogP contribution in [0, 0.1) is 3.57 Å². The molecular weight excluding hydrogens is 323 g/mol. The molecular formula is C15H13IO. The molecule has 0 spiro atoms. The Morgan fingerprint density at radius 2 is 1.65 bits per heavy atom. The predicted octanol–water partition coefficient (Wildman–Crippen LogP) is 3.89. The summed E-state index contributed by atoms with van der Waals surface area (Å²) in [6.07, 6.45) is 2.90. The zero-order chi connectivity index (χ0) is 12.1. The molecule has 0 saturated carbocycles. The van der Waals surface area contributed by atoms with Crippen LogP contribution in [0.5, 0.6) is 0 Å². The molecule has 0 amide bonds. The van der Waals surface area contributed by atoms with Gasteiger partial charge >= 0.3 is 0 Å². The lowest BCUT2D eigenvalue weighted by atomic mass is 10.0. The fourth-order valence-corrected chi connectivity index (χ4v) is 2.58. The molecule has 0 N–H and O–H groups in total. The molecule has 86 valence electrons. The van der Waals surface area contributed by atoms with Gasteiger partial charge in [0.2, 0.25) is 0 Å². The molecule has 0 aromatic heterocycles. The molecule has 0 heterocycles. The molecule has 2 rings (SSSR count).